The molecule has 0 aliphatic carbocycles. The Labute approximate surface area is 113 Å². The van der Waals surface area contributed by atoms with Crippen LogP contribution in [0.1, 0.15) is 19.4 Å². The summed E-state index contributed by atoms with van der Waals surface area (Å²) in [4.78, 5) is 10.8. The van der Waals surface area contributed by atoms with Crippen LogP contribution in [0.15, 0.2) is 18.2 Å². The summed E-state index contributed by atoms with van der Waals surface area (Å²) in [5, 5.41) is 3.22. The van der Waals surface area contributed by atoms with E-state index in [-0.39, 0.29) is 12.1 Å². The van der Waals surface area contributed by atoms with E-state index in [4.69, 9.17) is 14.2 Å². The van der Waals surface area contributed by atoms with Gasteiger partial charge in [0.2, 0.25) is 0 Å². The molecule has 106 valence electrons. The summed E-state index contributed by atoms with van der Waals surface area (Å²) in [5.74, 6) is 1.15. The number of hydrogen-bond donors (Lipinski definition) is 1. The Morgan fingerprint density at radius 3 is 2.53 bits per heavy atom. The van der Waals surface area contributed by atoms with Crippen LogP contribution in [0.4, 0.5) is 0 Å². The molecule has 1 aromatic carbocycles. The van der Waals surface area contributed by atoms with Crippen LogP contribution in [0.2, 0.25) is 0 Å². The lowest BCUT2D eigenvalue weighted by Crippen LogP contribution is -2.27. The van der Waals surface area contributed by atoms with E-state index in [1.54, 1.807) is 14.2 Å². The van der Waals surface area contributed by atoms with E-state index in [2.05, 4.69) is 5.32 Å². The van der Waals surface area contributed by atoms with Crippen molar-refractivity contribution in [2.75, 3.05) is 20.8 Å². The van der Waals surface area contributed by atoms with Gasteiger partial charge in [0.15, 0.2) is 11.5 Å². The number of methoxy groups -OCH3 is 2. The molecule has 5 nitrogen and oxygen atoms in total. The van der Waals surface area contributed by atoms with Crippen LogP contribution in [0.25, 0.3) is 0 Å². The van der Waals surface area contributed by atoms with Crippen molar-refractivity contribution in [1.29, 1.82) is 0 Å². The first kappa shape index (κ1) is 15.3. The van der Waals surface area contributed by atoms with E-state index >= 15 is 0 Å². The maximum atomic E-state index is 10.8. The Morgan fingerprint density at radius 1 is 1.26 bits per heavy atom. The molecule has 1 N–H and O–H groups in total. The first-order chi connectivity index (χ1) is 9.06. The smallest absolute Gasteiger partial charge is 0.302 e. The van der Waals surface area contributed by atoms with Crippen LogP contribution in [0.5, 0.6) is 11.5 Å². The molecule has 1 rings (SSSR count). The van der Waals surface area contributed by atoms with Gasteiger partial charge < -0.3 is 19.5 Å². The Hall–Kier alpha value is -1.75. The lowest BCUT2D eigenvalue weighted by atomic mass is 10.2. The van der Waals surface area contributed by atoms with Crippen molar-refractivity contribution in [3.63, 3.8) is 0 Å². The molecule has 0 amide bonds. The highest BCUT2D eigenvalue weighted by Gasteiger charge is 2.06. The highest BCUT2D eigenvalue weighted by Crippen LogP contribution is 2.27. The highest BCUT2D eigenvalue weighted by atomic mass is 16.5. The monoisotopic (exact) mass is 267 g/mol. The second kappa shape index (κ2) is 7.63. The van der Waals surface area contributed by atoms with Gasteiger partial charge in [-0.2, -0.15) is 0 Å². The minimum absolute atomic E-state index is 0.141. The number of carbonyl (C=O) groups is 1. The van der Waals surface area contributed by atoms with Gasteiger partial charge in [-0.25, -0.2) is 0 Å². The number of ether oxygens (including phenoxy) is 3. The van der Waals surface area contributed by atoms with Crippen LogP contribution in [-0.2, 0) is 16.1 Å². The van der Waals surface area contributed by atoms with Gasteiger partial charge in [0.1, 0.15) is 6.10 Å². The second-order valence-electron chi connectivity index (χ2n) is 4.24. The van der Waals surface area contributed by atoms with Gasteiger partial charge in [-0.05, 0) is 24.6 Å². The molecule has 0 saturated heterocycles. The molecule has 0 bridgehead atoms. The fourth-order valence-electron chi connectivity index (χ4n) is 1.74. The zero-order chi connectivity index (χ0) is 14.3. The van der Waals surface area contributed by atoms with Crippen molar-refractivity contribution in [2.45, 2.75) is 26.5 Å². The average molecular weight is 267 g/mol. The minimum Gasteiger partial charge on any atom is -0.493 e. The molecule has 19 heavy (non-hydrogen) atoms. The lowest BCUT2D eigenvalue weighted by molar-refractivity contribution is -0.145. The van der Waals surface area contributed by atoms with Crippen LogP contribution in [-0.4, -0.2) is 32.8 Å². The predicted octanol–water partition coefficient (Wildman–Crippen LogP) is 1.74. The van der Waals surface area contributed by atoms with Gasteiger partial charge in [0, 0.05) is 20.0 Å². The maximum absolute atomic E-state index is 10.8. The van der Waals surface area contributed by atoms with Crippen molar-refractivity contribution in [3.8, 4) is 11.5 Å². The zero-order valence-corrected chi connectivity index (χ0v) is 11.9. The van der Waals surface area contributed by atoms with Gasteiger partial charge in [0.05, 0.1) is 14.2 Å². The van der Waals surface area contributed by atoms with Crippen LogP contribution >= 0.6 is 0 Å². The largest absolute Gasteiger partial charge is 0.493 e. The van der Waals surface area contributed by atoms with Gasteiger partial charge in [-0.3, -0.25) is 4.79 Å². The average Bonchev–Trinajstić information content (AvgIpc) is 2.37. The predicted molar refractivity (Wildman–Crippen MR) is 72.5 cm³/mol. The first-order valence-electron chi connectivity index (χ1n) is 6.15. The quantitative estimate of drug-likeness (QED) is 0.763. The fourth-order valence-corrected chi connectivity index (χ4v) is 1.74. The highest BCUT2D eigenvalue weighted by molar-refractivity contribution is 5.66. The molecule has 0 saturated carbocycles. The minimum atomic E-state index is -0.264. The molecule has 0 aliphatic heterocycles. The van der Waals surface area contributed by atoms with E-state index in [9.17, 15) is 4.79 Å². The molecule has 0 fully saturated rings. The normalized spacial score (nSPS) is 11.8. The van der Waals surface area contributed by atoms with E-state index in [0.29, 0.717) is 24.6 Å². The molecule has 0 aliphatic rings. The third-order valence-corrected chi connectivity index (χ3v) is 2.58. The number of carbonyl (C=O) groups excluding carboxylic acids is 1. The van der Waals surface area contributed by atoms with E-state index in [1.807, 2.05) is 25.1 Å². The van der Waals surface area contributed by atoms with Crippen LogP contribution in [0, 0.1) is 0 Å². The topological polar surface area (TPSA) is 56.8 Å². The molecule has 5 heteroatoms. The number of rotatable bonds is 7. The van der Waals surface area contributed by atoms with Crippen molar-refractivity contribution >= 4 is 5.97 Å². The molecule has 0 heterocycles. The van der Waals surface area contributed by atoms with Crippen molar-refractivity contribution < 1.29 is 19.0 Å². The molecule has 0 spiro atoms. The van der Waals surface area contributed by atoms with Crippen molar-refractivity contribution in [2.24, 2.45) is 0 Å². The summed E-state index contributed by atoms with van der Waals surface area (Å²) in [6.07, 6.45) is -0.141. The summed E-state index contributed by atoms with van der Waals surface area (Å²) in [7, 11) is 3.22. The van der Waals surface area contributed by atoms with E-state index in [1.165, 1.54) is 6.92 Å². The zero-order valence-electron chi connectivity index (χ0n) is 11.9. The van der Waals surface area contributed by atoms with Crippen LogP contribution in [0.3, 0.4) is 0 Å². The molecular weight excluding hydrogens is 246 g/mol. The standard InChI is InChI=1S/C14H21NO4/c1-10(19-11(2)16)8-15-9-12-5-6-13(17-3)14(7-12)18-4/h5-7,10,15H,8-9H2,1-4H3. The number of hydrogen-bond acceptors (Lipinski definition) is 5. The molecular formula is C14H21NO4. The maximum Gasteiger partial charge on any atom is 0.302 e. The Kier molecular flexibility index (Phi) is 6.15. The Bertz CT molecular complexity index is 420. The Morgan fingerprint density at radius 2 is 1.95 bits per heavy atom. The third-order valence-electron chi connectivity index (χ3n) is 2.58. The number of esters is 1. The molecule has 1 unspecified atom stereocenters. The van der Waals surface area contributed by atoms with Gasteiger partial charge in [-0.15, -0.1) is 0 Å². The fraction of sp³-hybridized carbons (Fsp3) is 0.500. The van der Waals surface area contributed by atoms with E-state index in [0.717, 1.165) is 5.56 Å². The molecule has 0 radical (unpaired) electrons. The summed E-state index contributed by atoms with van der Waals surface area (Å²) in [5.41, 5.74) is 1.08. The van der Waals surface area contributed by atoms with Gasteiger partial charge in [-0.1, -0.05) is 6.07 Å². The molecule has 1 aromatic rings. The summed E-state index contributed by atoms with van der Waals surface area (Å²) in [6.45, 7) is 4.54. The van der Waals surface area contributed by atoms with Crippen molar-refractivity contribution in [1.82, 2.24) is 5.32 Å². The number of nitrogens with one attached hydrogen (secondary N) is 1. The first-order valence-corrected chi connectivity index (χ1v) is 6.15. The van der Waals surface area contributed by atoms with Gasteiger partial charge >= 0.3 is 5.97 Å². The molecule has 1 atom stereocenters. The summed E-state index contributed by atoms with van der Waals surface area (Å²) in [6, 6.07) is 5.75. The van der Waals surface area contributed by atoms with E-state index < -0.39 is 0 Å². The summed E-state index contributed by atoms with van der Waals surface area (Å²) >= 11 is 0. The third kappa shape index (κ3) is 5.18. The SMILES string of the molecule is COc1ccc(CNCC(C)OC(C)=O)cc1OC. The number of benzene rings is 1. The van der Waals surface area contributed by atoms with Gasteiger partial charge in [0.25, 0.3) is 0 Å². The molecule has 0 aromatic heterocycles. The summed E-state index contributed by atoms with van der Waals surface area (Å²) < 4.78 is 15.4. The van der Waals surface area contributed by atoms with Crippen molar-refractivity contribution in [3.05, 3.63) is 23.8 Å². The Balaban J connectivity index is 2.47. The second-order valence-corrected chi connectivity index (χ2v) is 4.24. The van der Waals surface area contributed by atoms with Crippen LogP contribution < -0.4 is 14.8 Å². The lowest BCUT2D eigenvalue weighted by Gasteiger charge is -2.13.